The van der Waals surface area contributed by atoms with Crippen molar-refractivity contribution < 1.29 is 0 Å². The summed E-state index contributed by atoms with van der Waals surface area (Å²) in [4.78, 5) is 5.02. The van der Waals surface area contributed by atoms with E-state index in [1.807, 2.05) is 12.1 Å². The highest BCUT2D eigenvalue weighted by Crippen LogP contribution is 2.34. The molecule has 0 aliphatic heterocycles. The van der Waals surface area contributed by atoms with Crippen molar-refractivity contribution in [1.29, 1.82) is 0 Å². The van der Waals surface area contributed by atoms with Gasteiger partial charge in [-0.1, -0.05) is 72.8 Å². The van der Waals surface area contributed by atoms with Crippen molar-refractivity contribution in [3.8, 4) is 33.6 Å². The molecule has 3 aromatic carbocycles. The molecule has 0 aliphatic carbocycles. The maximum absolute atomic E-state index is 5.02. The van der Waals surface area contributed by atoms with Gasteiger partial charge in [0, 0.05) is 14.7 Å². The number of pyridine rings is 1. The summed E-state index contributed by atoms with van der Waals surface area (Å²) < 4.78 is 1.24. The summed E-state index contributed by atoms with van der Waals surface area (Å²) in [5.74, 6) is 0. The molecule has 0 N–H and O–H groups in total. The predicted octanol–water partition coefficient (Wildman–Crippen LogP) is 7.00. The van der Waals surface area contributed by atoms with E-state index < -0.39 is 0 Å². The molecule has 0 saturated heterocycles. The zero-order valence-electron chi connectivity index (χ0n) is 14.5. The molecule has 0 atom stereocenters. The van der Waals surface area contributed by atoms with Gasteiger partial charge in [-0.2, -0.15) is 0 Å². The molecular formula is C24H18IN. The molecule has 2 heteroatoms. The van der Waals surface area contributed by atoms with E-state index in [1.54, 1.807) is 0 Å². The minimum atomic E-state index is 1.00. The largest absolute Gasteiger partial charge is 0.247 e. The summed E-state index contributed by atoms with van der Waals surface area (Å²) in [5, 5.41) is 0. The Morgan fingerprint density at radius 2 is 1.23 bits per heavy atom. The molecule has 1 nitrogen and oxygen atoms in total. The molecule has 1 aromatic heterocycles. The number of benzene rings is 3. The van der Waals surface area contributed by atoms with E-state index in [1.165, 1.54) is 20.3 Å². The molecular weight excluding hydrogens is 429 g/mol. The fourth-order valence-corrected chi connectivity index (χ4v) is 3.53. The third-order valence-electron chi connectivity index (χ3n) is 4.54. The predicted molar refractivity (Wildman–Crippen MR) is 118 cm³/mol. The summed E-state index contributed by atoms with van der Waals surface area (Å²) in [6.45, 7) is 2.16. The lowest BCUT2D eigenvalue weighted by molar-refractivity contribution is 1.27. The Balaban J connectivity index is 1.97. The molecule has 0 fully saturated rings. The van der Waals surface area contributed by atoms with E-state index in [0.29, 0.717) is 0 Å². The van der Waals surface area contributed by atoms with Crippen LogP contribution in [0, 0.1) is 10.5 Å². The second-order valence-corrected chi connectivity index (χ2v) is 7.51. The molecule has 4 rings (SSSR count). The Labute approximate surface area is 167 Å². The van der Waals surface area contributed by atoms with Crippen LogP contribution in [0.25, 0.3) is 33.6 Å². The van der Waals surface area contributed by atoms with Gasteiger partial charge in [-0.05, 0) is 64.4 Å². The highest BCUT2D eigenvalue weighted by atomic mass is 127. The highest BCUT2D eigenvalue weighted by Gasteiger charge is 2.13. The van der Waals surface area contributed by atoms with Gasteiger partial charge in [-0.3, -0.25) is 0 Å². The number of hydrogen-bond donors (Lipinski definition) is 0. The normalized spacial score (nSPS) is 10.7. The van der Waals surface area contributed by atoms with Gasteiger partial charge in [0.1, 0.15) is 0 Å². The zero-order chi connectivity index (χ0) is 17.9. The molecule has 0 amide bonds. The van der Waals surface area contributed by atoms with Crippen molar-refractivity contribution in [1.82, 2.24) is 4.98 Å². The smallest absolute Gasteiger partial charge is 0.0744 e. The second kappa shape index (κ2) is 7.42. The topological polar surface area (TPSA) is 12.9 Å². The van der Waals surface area contributed by atoms with E-state index >= 15 is 0 Å². The molecule has 0 saturated carbocycles. The molecule has 0 aliphatic rings. The van der Waals surface area contributed by atoms with Gasteiger partial charge in [0.15, 0.2) is 0 Å². The summed E-state index contributed by atoms with van der Waals surface area (Å²) >= 11 is 2.34. The number of nitrogens with zero attached hydrogens (tertiary/aromatic N) is 1. The van der Waals surface area contributed by atoms with Crippen molar-refractivity contribution in [3.63, 3.8) is 0 Å². The minimum Gasteiger partial charge on any atom is -0.247 e. The lowest BCUT2D eigenvalue weighted by atomic mass is 9.95. The minimum absolute atomic E-state index is 1.00. The zero-order valence-corrected chi connectivity index (χ0v) is 16.6. The van der Waals surface area contributed by atoms with Gasteiger partial charge in [-0.25, -0.2) is 4.98 Å². The molecule has 0 unspecified atom stereocenters. The van der Waals surface area contributed by atoms with Crippen molar-refractivity contribution in [2.45, 2.75) is 6.92 Å². The average Bonchev–Trinajstić information content (AvgIpc) is 2.70. The van der Waals surface area contributed by atoms with E-state index in [9.17, 15) is 0 Å². The highest BCUT2D eigenvalue weighted by molar-refractivity contribution is 14.1. The molecule has 126 valence electrons. The number of hydrogen-bond acceptors (Lipinski definition) is 1. The van der Waals surface area contributed by atoms with E-state index in [-0.39, 0.29) is 0 Å². The second-order valence-electron chi connectivity index (χ2n) is 6.27. The first-order valence-electron chi connectivity index (χ1n) is 8.61. The molecule has 0 radical (unpaired) electrons. The van der Waals surface area contributed by atoms with Crippen LogP contribution in [0.4, 0.5) is 0 Å². The Morgan fingerprint density at radius 1 is 0.654 bits per heavy atom. The Kier molecular flexibility index (Phi) is 4.85. The molecule has 1 heterocycles. The average molecular weight is 447 g/mol. The van der Waals surface area contributed by atoms with Gasteiger partial charge >= 0.3 is 0 Å². The quantitative estimate of drug-likeness (QED) is 0.308. The lowest BCUT2D eigenvalue weighted by Gasteiger charge is -2.15. The monoisotopic (exact) mass is 447 g/mol. The van der Waals surface area contributed by atoms with Gasteiger partial charge < -0.3 is 0 Å². The summed E-state index contributed by atoms with van der Waals surface area (Å²) in [6.07, 6.45) is 0. The van der Waals surface area contributed by atoms with Gasteiger partial charge in [0.05, 0.1) is 11.4 Å². The SMILES string of the molecule is Cc1c(-c2ccc(I)cc2)cc(-c2ccccc2)nc1-c1ccccc1. The Bertz CT molecular complexity index is 1020. The van der Waals surface area contributed by atoms with Crippen LogP contribution in [-0.4, -0.2) is 4.98 Å². The van der Waals surface area contributed by atoms with Crippen LogP contribution in [0.15, 0.2) is 91.0 Å². The maximum atomic E-state index is 5.02. The fraction of sp³-hybridized carbons (Fsp3) is 0.0417. The third kappa shape index (κ3) is 3.42. The van der Waals surface area contributed by atoms with Crippen LogP contribution < -0.4 is 0 Å². The molecule has 0 bridgehead atoms. The fourth-order valence-electron chi connectivity index (χ4n) is 3.17. The van der Waals surface area contributed by atoms with Crippen LogP contribution in [0.5, 0.6) is 0 Å². The first kappa shape index (κ1) is 17.0. The summed E-state index contributed by atoms with van der Waals surface area (Å²) in [5.41, 5.74) is 7.99. The van der Waals surface area contributed by atoms with Crippen molar-refractivity contribution in [2.75, 3.05) is 0 Å². The van der Waals surface area contributed by atoms with Crippen LogP contribution >= 0.6 is 22.6 Å². The standard InChI is InChI=1S/C24H18IN/c1-17-22(18-12-14-21(25)15-13-18)16-23(19-8-4-2-5-9-19)26-24(17)20-10-6-3-7-11-20/h2-16H,1H3. The lowest BCUT2D eigenvalue weighted by Crippen LogP contribution is -1.96. The third-order valence-corrected chi connectivity index (χ3v) is 5.26. The Hall–Kier alpha value is -2.46. The van der Waals surface area contributed by atoms with Crippen LogP contribution in [0.3, 0.4) is 0 Å². The number of aromatic nitrogens is 1. The van der Waals surface area contributed by atoms with E-state index in [4.69, 9.17) is 4.98 Å². The van der Waals surface area contributed by atoms with Crippen molar-refractivity contribution in [3.05, 3.63) is 100 Å². The van der Waals surface area contributed by atoms with E-state index in [0.717, 1.165) is 22.5 Å². The number of halogens is 1. The van der Waals surface area contributed by atoms with Crippen LogP contribution in [-0.2, 0) is 0 Å². The summed E-state index contributed by atoms with van der Waals surface area (Å²) in [7, 11) is 0. The van der Waals surface area contributed by atoms with Crippen LogP contribution in [0.1, 0.15) is 5.56 Å². The van der Waals surface area contributed by atoms with Gasteiger partial charge in [-0.15, -0.1) is 0 Å². The van der Waals surface area contributed by atoms with Crippen molar-refractivity contribution >= 4 is 22.6 Å². The van der Waals surface area contributed by atoms with Gasteiger partial charge in [0.25, 0.3) is 0 Å². The molecule has 4 aromatic rings. The van der Waals surface area contributed by atoms with Gasteiger partial charge in [0.2, 0.25) is 0 Å². The summed E-state index contributed by atoms with van der Waals surface area (Å²) in [6, 6.07) is 31.7. The van der Waals surface area contributed by atoms with E-state index in [2.05, 4.69) is 108 Å². The van der Waals surface area contributed by atoms with Crippen LogP contribution in [0.2, 0.25) is 0 Å². The Morgan fingerprint density at radius 3 is 1.85 bits per heavy atom. The maximum Gasteiger partial charge on any atom is 0.0744 e. The first-order valence-corrected chi connectivity index (χ1v) is 9.69. The molecule has 0 spiro atoms. The number of rotatable bonds is 3. The molecule has 26 heavy (non-hydrogen) atoms. The first-order chi connectivity index (χ1) is 12.7. The van der Waals surface area contributed by atoms with Crippen molar-refractivity contribution in [2.24, 2.45) is 0 Å².